The van der Waals surface area contributed by atoms with E-state index in [0.717, 1.165) is 19.4 Å². The number of fused-ring (bicyclic) bond motifs is 1. The van der Waals surface area contributed by atoms with Crippen LogP contribution in [0.25, 0.3) is 5.57 Å². The van der Waals surface area contributed by atoms with Crippen molar-refractivity contribution in [2.45, 2.75) is 19.8 Å². The SMILES string of the molecule is C/C(CN(C)C)=C1/CCc2cccnc21. The maximum Gasteiger partial charge on any atom is 0.0693 e. The first-order chi connectivity index (χ1) is 7.18. The van der Waals surface area contributed by atoms with Gasteiger partial charge in [-0.1, -0.05) is 11.6 Å². The Balaban J connectivity index is 2.34. The van der Waals surface area contributed by atoms with Crippen molar-refractivity contribution in [2.75, 3.05) is 20.6 Å². The molecule has 1 aliphatic carbocycles. The van der Waals surface area contributed by atoms with Crippen molar-refractivity contribution in [3.63, 3.8) is 0 Å². The van der Waals surface area contributed by atoms with Crippen LogP contribution in [0, 0.1) is 0 Å². The summed E-state index contributed by atoms with van der Waals surface area (Å²) >= 11 is 0. The molecular weight excluding hydrogens is 184 g/mol. The first-order valence-corrected chi connectivity index (χ1v) is 5.46. The van der Waals surface area contributed by atoms with Gasteiger partial charge in [0.1, 0.15) is 0 Å². The van der Waals surface area contributed by atoms with Gasteiger partial charge < -0.3 is 4.90 Å². The van der Waals surface area contributed by atoms with Gasteiger partial charge in [0.05, 0.1) is 5.69 Å². The molecule has 80 valence electrons. The van der Waals surface area contributed by atoms with E-state index in [1.807, 2.05) is 12.3 Å². The molecule has 0 saturated heterocycles. The Morgan fingerprint density at radius 1 is 1.40 bits per heavy atom. The summed E-state index contributed by atoms with van der Waals surface area (Å²) in [6, 6.07) is 4.22. The van der Waals surface area contributed by atoms with E-state index in [1.165, 1.54) is 22.4 Å². The van der Waals surface area contributed by atoms with Crippen LogP contribution in [-0.2, 0) is 6.42 Å². The molecule has 2 nitrogen and oxygen atoms in total. The number of pyridine rings is 1. The van der Waals surface area contributed by atoms with Crippen LogP contribution in [-0.4, -0.2) is 30.5 Å². The van der Waals surface area contributed by atoms with Crippen LogP contribution >= 0.6 is 0 Å². The number of rotatable bonds is 2. The highest BCUT2D eigenvalue weighted by molar-refractivity contribution is 5.72. The average molecular weight is 202 g/mol. The highest BCUT2D eigenvalue weighted by Crippen LogP contribution is 2.32. The molecule has 15 heavy (non-hydrogen) atoms. The molecule has 1 aromatic heterocycles. The Hall–Kier alpha value is -1.15. The van der Waals surface area contributed by atoms with Crippen molar-refractivity contribution in [2.24, 2.45) is 0 Å². The van der Waals surface area contributed by atoms with Gasteiger partial charge in [0.2, 0.25) is 0 Å². The fourth-order valence-electron chi connectivity index (χ4n) is 2.28. The second-order valence-electron chi connectivity index (χ2n) is 4.51. The predicted octanol–water partition coefficient (Wildman–Crippen LogP) is 2.36. The van der Waals surface area contributed by atoms with Crippen LogP contribution in [0.1, 0.15) is 24.6 Å². The third kappa shape index (κ3) is 2.10. The zero-order valence-corrected chi connectivity index (χ0v) is 9.75. The summed E-state index contributed by atoms with van der Waals surface area (Å²) in [6.07, 6.45) is 4.21. The summed E-state index contributed by atoms with van der Waals surface area (Å²) in [5.74, 6) is 0. The maximum absolute atomic E-state index is 4.49. The summed E-state index contributed by atoms with van der Waals surface area (Å²) in [6.45, 7) is 3.25. The van der Waals surface area contributed by atoms with Gasteiger partial charge in [0, 0.05) is 12.7 Å². The van der Waals surface area contributed by atoms with Crippen LogP contribution in [0.2, 0.25) is 0 Å². The van der Waals surface area contributed by atoms with Gasteiger partial charge in [0.25, 0.3) is 0 Å². The molecule has 0 atom stereocenters. The molecule has 2 heteroatoms. The average Bonchev–Trinajstić information content (AvgIpc) is 2.59. The van der Waals surface area contributed by atoms with E-state index in [2.05, 4.69) is 37.0 Å². The number of nitrogens with zero attached hydrogens (tertiary/aromatic N) is 2. The molecule has 1 aliphatic rings. The summed E-state index contributed by atoms with van der Waals surface area (Å²) in [5, 5.41) is 0. The fraction of sp³-hybridized carbons (Fsp3) is 0.462. The summed E-state index contributed by atoms with van der Waals surface area (Å²) in [7, 11) is 4.22. The number of allylic oxidation sites excluding steroid dienone is 1. The topological polar surface area (TPSA) is 16.1 Å². The molecular formula is C13H18N2. The minimum Gasteiger partial charge on any atom is -0.305 e. The Kier molecular flexibility index (Phi) is 2.87. The van der Waals surface area contributed by atoms with Gasteiger partial charge in [-0.3, -0.25) is 4.98 Å². The lowest BCUT2D eigenvalue weighted by molar-refractivity contribution is 0.445. The molecule has 0 saturated carbocycles. The van der Waals surface area contributed by atoms with Crippen LogP contribution in [0.4, 0.5) is 0 Å². The molecule has 1 heterocycles. The standard InChI is InChI=1S/C13H18N2/c1-10(9-15(2)3)12-7-6-11-5-4-8-14-13(11)12/h4-5,8H,6-7,9H2,1-3H3/b12-10+. The Labute approximate surface area is 91.6 Å². The van der Waals surface area contributed by atoms with Gasteiger partial charge in [-0.25, -0.2) is 0 Å². The summed E-state index contributed by atoms with van der Waals surface area (Å²) in [5.41, 5.74) is 5.55. The molecule has 0 radical (unpaired) electrons. The lowest BCUT2D eigenvalue weighted by atomic mass is 10.1. The molecule has 0 bridgehead atoms. The van der Waals surface area contributed by atoms with Crippen LogP contribution in [0.5, 0.6) is 0 Å². The monoisotopic (exact) mass is 202 g/mol. The van der Waals surface area contributed by atoms with E-state index in [-0.39, 0.29) is 0 Å². The molecule has 0 N–H and O–H groups in total. The Morgan fingerprint density at radius 3 is 2.93 bits per heavy atom. The summed E-state index contributed by atoms with van der Waals surface area (Å²) < 4.78 is 0. The van der Waals surface area contributed by atoms with Crippen LogP contribution in [0.15, 0.2) is 23.9 Å². The molecule has 0 aliphatic heterocycles. The zero-order chi connectivity index (χ0) is 10.8. The number of aromatic nitrogens is 1. The third-order valence-corrected chi connectivity index (χ3v) is 2.89. The largest absolute Gasteiger partial charge is 0.305 e. The first-order valence-electron chi connectivity index (χ1n) is 5.46. The predicted molar refractivity (Wildman–Crippen MR) is 63.7 cm³/mol. The second-order valence-corrected chi connectivity index (χ2v) is 4.51. The van der Waals surface area contributed by atoms with E-state index in [0.29, 0.717) is 0 Å². The lowest BCUT2D eigenvalue weighted by Gasteiger charge is -2.12. The van der Waals surface area contributed by atoms with E-state index < -0.39 is 0 Å². The van der Waals surface area contributed by atoms with Crippen molar-refractivity contribution < 1.29 is 0 Å². The van der Waals surface area contributed by atoms with Gasteiger partial charge in [0.15, 0.2) is 0 Å². The highest BCUT2D eigenvalue weighted by atomic mass is 15.0. The smallest absolute Gasteiger partial charge is 0.0693 e. The zero-order valence-electron chi connectivity index (χ0n) is 9.75. The molecule has 1 aromatic rings. The quantitative estimate of drug-likeness (QED) is 0.732. The van der Waals surface area contributed by atoms with Crippen molar-refractivity contribution in [1.82, 2.24) is 9.88 Å². The third-order valence-electron chi connectivity index (χ3n) is 2.89. The first kappa shape index (κ1) is 10.4. The van der Waals surface area contributed by atoms with E-state index >= 15 is 0 Å². The van der Waals surface area contributed by atoms with Gasteiger partial charge in [-0.15, -0.1) is 0 Å². The van der Waals surface area contributed by atoms with Crippen LogP contribution in [0.3, 0.4) is 0 Å². The van der Waals surface area contributed by atoms with Crippen molar-refractivity contribution in [1.29, 1.82) is 0 Å². The molecule has 2 rings (SSSR count). The fourth-order valence-corrected chi connectivity index (χ4v) is 2.28. The lowest BCUT2D eigenvalue weighted by Crippen LogP contribution is -2.14. The minimum absolute atomic E-state index is 1.03. The second kappa shape index (κ2) is 4.15. The number of aryl methyl sites for hydroxylation is 1. The van der Waals surface area contributed by atoms with Crippen molar-refractivity contribution in [3.8, 4) is 0 Å². The van der Waals surface area contributed by atoms with Crippen LogP contribution < -0.4 is 0 Å². The Morgan fingerprint density at radius 2 is 2.20 bits per heavy atom. The molecule has 0 unspecified atom stereocenters. The Bertz CT molecular complexity index is 391. The number of likely N-dealkylation sites (N-methyl/N-ethyl adjacent to an activating group) is 1. The van der Waals surface area contributed by atoms with Crippen molar-refractivity contribution >= 4 is 5.57 Å². The molecule has 0 amide bonds. The van der Waals surface area contributed by atoms with Gasteiger partial charge in [-0.05, 0) is 51.1 Å². The maximum atomic E-state index is 4.49. The molecule has 0 spiro atoms. The molecule has 0 fully saturated rings. The van der Waals surface area contributed by atoms with E-state index in [9.17, 15) is 0 Å². The van der Waals surface area contributed by atoms with Gasteiger partial charge in [-0.2, -0.15) is 0 Å². The highest BCUT2D eigenvalue weighted by Gasteiger charge is 2.18. The summed E-state index contributed by atoms with van der Waals surface area (Å²) in [4.78, 5) is 6.70. The van der Waals surface area contributed by atoms with Crippen molar-refractivity contribution in [3.05, 3.63) is 35.2 Å². The van der Waals surface area contributed by atoms with Gasteiger partial charge >= 0.3 is 0 Å². The number of hydrogen-bond acceptors (Lipinski definition) is 2. The normalized spacial score (nSPS) is 18.1. The number of hydrogen-bond donors (Lipinski definition) is 0. The molecule has 0 aromatic carbocycles. The van der Waals surface area contributed by atoms with E-state index in [1.54, 1.807) is 0 Å². The van der Waals surface area contributed by atoms with E-state index in [4.69, 9.17) is 0 Å². The minimum atomic E-state index is 1.03.